The Morgan fingerprint density at radius 3 is 3.26 bits per heavy atom. The molecule has 2 heterocycles. The van der Waals surface area contributed by atoms with E-state index < -0.39 is 0 Å². The van der Waals surface area contributed by atoms with Crippen LogP contribution in [-0.2, 0) is 17.8 Å². The summed E-state index contributed by atoms with van der Waals surface area (Å²) in [5.41, 5.74) is 1.33. The van der Waals surface area contributed by atoms with Crippen LogP contribution in [0.25, 0.3) is 0 Å². The van der Waals surface area contributed by atoms with Gasteiger partial charge in [-0.05, 0) is 47.9 Å². The summed E-state index contributed by atoms with van der Waals surface area (Å²) in [7, 11) is 0. The first-order valence-electron chi connectivity index (χ1n) is 6.73. The molecule has 1 N–H and O–H groups in total. The molecule has 1 atom stereocenters. The van der Waals surface area contributed by atoms with Crippen LogP contribution in [0, 0.1) is 5.92 Å². The lowest BCUT2D eigenvalue weighted by atomic mass is 10.1. The van der Waals surface area contributed by atoms with Crippen LogP contribution in [0.2, 0.25) is 0 Å². The normalized spacial score (nSPS) is 16.2. The van der Waals surface area contributed by atoms with Crippen molar-refractivity contribution in [2.75, 3.05) is 31.6 Å². The Balaban J connectivity index is 1.73. The minimum absolute atomic E-state index is 0.230. The first-order valence-corrected chi connectivity index (χ1v) is 9.00. The fourth-order valence-electron chi connectivity index (χ4n) is 2.34. The second-order valence-corrected chi connectivity index (χ2v) is 7.04. The van der Waals surface area contributed by atoms with Crippen LogP contribution in [0.4, 0.5) is 0 Å². The second kappa shape index (κ2) is 7.31. The summed E-state index contributed by atoms with van der Waals surface area (Å²) >= 11 is 3.67. The average Bonchev–Trinajstić information content (AvgIpc) is 2.86. The third-order valence-electron chi connectivity index (χ3n) is 3.38. The van der Waals surface area contributed by atoms with Gasteiger partial charge in [0, 0.05) is 18.0 Å². The molecule has 1 amide bonds. The highest BCUT2D eigenvalue weighted by atomic mass is 32.2. The number of hydrogen-bond donors (Lipinski definition) is 1. The lowest BCUT2D eigenvalue weighted by molar-refractivity contribution is -0.131. The van der Waals surface area contributed by atoms with E-state index in [0.29, 0.717) is 12.5 Å². The van der Waals surface area contributed by atoms with Gasteiger partial charge >= 0.3 is 0 Å². The molecule has 0 radical (unpaired) electrons. The van der Waals surface area contributed by atoms with E-state index in [-0.39, 0.29) is 5.91 Å². The molecule has 0 saturated heterocycles. The number of carbonyl (C=O) groups excluding carboxylic acids is 1. The quantitative estimate of drug-likeness (QED) is 0.874. The Labute approximate surface area is 123 Å². The number of nitrogens with one attached hydrogen (secondary N) is 1. The summed E-state index contributed by atoms with van der Waals surface area (Å²) in [5.74, 6) is 1.99. The van der Waals surface area contributed by atoms with Gasteiger partial charge in [-0.3, -0.25) is 4.79 Å². The average molecular weight is 298 g/mol. The van der Waals surface area contributed by atoms with Crippen molar-refractivity contribution in [2.45, 2.75) is 19.9 Å². The Morgan fingerprint density at radius 2 is 2.47 bits per heavy atom. The van der Waals surface area contributed by atoms with Gasteiger partial charge in [-0.1, -0.05) is 6.92 Å². The molecule has 2 rings (SSSR count). The Morgan fingerprint density at radius 1 is 1.63 bits per heavy atom. The molecule has 5 heteroatoms. The number of rotatable bonds is 6. The van der Waals surface area contributed by atoms with Crippen LogP contribution in [-0.4, -0.2) is 42.4 Å². The maximum Gasteiger partial charge on any atom is 0.236 e. The van der Waals surface area contributed by atoms with Crippen molar-refractivity contribution in [2.24, 2.45) is 5.92 Å². The van der Waals surface area contributed by atoms with Gasteiger partial charge in [-0.15, -0.1) is 11.3 Å². The molecule has 0 bridgehead atoms. The molecule has 0 saturated carbocycles. The van der Waals surface area contributed by atoms with E-state index in [2.05, 4.69) is 29.9 Å². The predicted molar refractivity (Wildman–Crippen MR) is 83.9 cm³/mol. The molecule has 0 fully saturated rings. The van der Waals surface area contributed by atoms with Crippen LogP contribution in [0.5, 0.6) is 0 Å². The van der Waals surface area contributed by atoms with Gasteiger partial charge in [-0.25, -0.2) is 0 Å². The number of hydrogen-bond acceptors (Lipinski definition) is 4. The second-order valence-electron chi connectivity index (χ2n) is 5.13. The van der Waals surface area contributed by atoms with Gasteiger partial charge < -0.3 is 10.2 Å². The summed E-state index contributed by atoms with van der Waals surface area (Å²) in [6.07, 6.45) is 3.13. The van der Waals surface area contributed by atoms with Crippen LogP contribution in [0.3, 0.4) is 0 Å². The summed E-state index contributed by atoms with van der Waals surface area (Å²) in [5, 5.41) is 5.41. The van der Waals surface area contributed by atoms with Gasteiger partial charge in [0.2, 0.25) is 5.91 Å². The molecule has 3 nitrogen and oxygen atoms in total. The summed E-state index contributed by atoms with van der Waals surface area (Å²) in [6, 6.07) is 2.15. The van der Waals surface area contributed by atoms with E-state index in [1.54, 1.807) is 0 Å². The molecule has 1 unspecified atom stereocenters. The highest BCUT2D eigenvalue weighted by molar-refractivity contribution is 7.98. The molecule has 1 aliphatic heterocycles. The topological polar surface area (TPSA) is 32.3 Å². The highest BCUT2D eigenvalue weighted by Gasteiger charge is 2.20. The number of nitrogens with zero attached hydrogens (tertiary/aromatic N) is 1. The molecule has 0 aliphatic carbocycles. The fraction of sp³-hybridized carbons (Fsp3) is 0.643. The van der Waals surface area contributed by atoms with Crippen molar-refractivity contribution in [1.82, 2.24) is 10.2 Å². The van der Waals surface area contributed by atoms with Gasteiger partial charge in [-0.2, -0.15) is 11.8 Å². The number of fused-ring (bicyclic) bond motifs is 1. The third kappa shape index (κ3) is 4.23. The molecule has 1 aromatic rings. The van der Waals surface area contributed by atoms with Crippen LogP contribution >= 0.6 is 23.1 Å². The van der Waals surface area contributed by atoms with E-state index >= 15 is 0 Å². The SMILES string of the molecule is CSCC(C)CNCC(=O)N1CCc2sccc2C1. The molecule has 106 valence electrons. The predicted octanol–water partition coefficient (Wildman–Crippen LogP) is 2.22. The Bertz CT molecular complexity index is 419. The number of thioether (sulfide) groups is 1. The van der Waals surface area contributed by atoms with Crippen molar-refractivity contribution in [3.8, 4) is 0 Å². The van der Waals surface area contributed by atoms with E-state index in [1.807, 2.05) is 28.0 Å². The number of thiophene rings is 1. The maximum atomic E-state index is 12.1. The maximum absolute atomic E-state index is 12.1. The smallest absolute Gasteiger partial charge is 0.236 e. The van der Waals surface area contributed by atoms with Crippen LogP contribution in [0.15, 0.2) is 11.4 Å². The minimum Gasteiger partial charge on any atom is -0.337 e. The van der Waals surface area contributed by atoms with E-state index in [1.165, 1.54) is 10.4 Å². The number of carbonyl (C=O) groups is 1. The van der Waals surface area contributed by atoms with Gasteiger partial charge in [0.1, 0.15) is 0 Å². The fourth-order valence-corrected chi connectivity index (χ4v) is 3.92. The molecule has 0 spiro atoms. The first-order chi connectivity index (χ1) is 9.20. The summed E-state index contributed by atoms with van der Waals surface area (Å²) < 4.78 is 0. The largest absolute Gasteiger partial charge is 0.337 e. The van der Waals surface area contributed by atoms with Gasteiger partial charge in [0.15, 0.2) is 0 Å². The van der Waals surface area contributed by atoms with E-state index in [4.69, 9.17) is 0 Å². The Hall–Kier alpha value is -0.520. The molecule has 0 aromatic carbocycles. The van der Waals surface area contributed by atoms with Crippen molar-refractivity contribution in [3.05, 3.63) is 21.9 Å². The van der Waals surface area contributed by atoms with Crippen molar-refractivity contribution >= 4 is 29.0 Å². The van der Waals surface area contributed by atoms with E-state index in [0.717, 1.165) is 31.8 Å². The van der Waals surface area contributed by atoms with Crippen molar-refractivity contribution < 1.29 is 4.79 Å². The zero-order chi connectivity index (χ0) is 13.7. The lowest BCUT2D eigenvalue weighted by Gasteiger charge is -2.27. The van der Waals surface area contributed by atoms with Crippen molar-refractivity contribution in [3.63, 3.8) is 0 Å². The Kier molecular flexibility index (Phi) is 5.73. The molecule has 19 heavy (non-hydrogen) atoms. The monoisotopic (exact) mass is 298 g/mol. The molecule has 1 aromatic heterocycles. The molecular formula is C14H22N2OS2. The summed E-state index contributed by atoms with van der Waals surface area (Å²) in [4.78, 5) is 15.6. The third-order valence-corrected chi connectivity index (χ3v) is 5.31. The zero-order valence-electron chi connectivity index (χ0n) is 11.6. The summed E-state index contributed by atoms with van der Waals surface area (Å²) in [6.45, 7) is 5.27. The van der Waals surface area contributed by atoms with Gasteiger partial charge in [0.25, 0.3) is 0 Å². The number of amides is 1. The zero-order valence-corrected chi connectivity index (χ0v) is 13.3. The highest BCUT2D eigenvalue weighted by Crippen LogP contribution is 2.23. The van der Waals surface area contributed by atoms with E-state index in [9.17, 15) is 4.79 Å². The van der Waals surface area contributed by atoms with Crippen molar-refractivity contribution in [1.29, 1.82) is 0 Å². The van der Waals surface area contributed by atoms with Crippen LogP contribution < -0.4 is 5.32 Å². The standard InChI is InChI=1S/C14H22N2OS2/c1-11(10-18-2)7-15-8-14(17)16-5-3-13-12(9-16)4-6-19-13/h4,6,11,15H,3,5,7-10H2,1-2H3. The molecular weight excluding hydrogens is 276 g/mol. The van der Waals surface area contributed by atoms with Gasteiger partial charge in [0.05, 0.1) is 6.54 Å². The lowest BCUT2D eigenvalue weighted by Crippen LogP contribution is -2.41. The molecule has 1 aliphatic rings. The van der Waals surface area contributed by atoms with Crippen LogP contribution in [0.1, 0.15) is 17.4 Å². The first kappa shape index (κ1) is 14.9. The minimum atomic E-state index is 0.230.